The predicted octanol–water partition coefficient (Wildman–Crippen LogP) is 2.96. The van der Waals surface area contributed by atoms with Gasteiger partial charge in [0.25, 0.3) is 5.91 Å². The standard InChI is InChI=1S/C18H21N3O3S/c1-3-10-19-17(23)13-8-9-14-15(13)20-18(25-14)21-16(22)11-4-6-12(24-2)7-5-11/h4-7,13H,3,8-10H2,1-2H3,(H,19,23)(H,20,21,22). The fourth-order valence-electron chi connectivity index (χ4n) is 2.82. The van der Waals surface area contributed by atoms with E-state index in [2.05, 4.69) is 15.6 Å². The molecule has 2 amide bonds. The van der Waals surface area contributed by atoms with Crippen molar-refractivity contribution in [1.82, 2.24) is 10.3 Å². The Labute approximate surface area is 150 Å². The van der Waals surface area contributed by atoms with Crippen LogP contribution in [0.15, 0.2) is 24.3 Å². The van der Waals surface area contributed by atoms with Gasteiger partial charge in [0.05, 0.1) is 18.7 Å². The van der Waals surface area contributed by atoms with Gasteiger partial charge in [0, 0.05) is 17.0 Å². The van der Waals surface area contributed by atoms with Crippen LogP contribution >= 0.6 is 11.3 Å². The molecule has 1 heterocycles. The van der Waals surface area contributed by atoms with Crippen molar-refractivity contribution < 1.29 is 14.3 Å². The highest BCUT2D eigenvalue weighted by Gasteiger charge is 2.32. The summed E-state index contributed by atoms with van der Waals surface area (Å²) < 4.78 is 5.09. The number of aromatic nitrogens is 1. The molecule has 6 nitrogen and oxygen atoms in total. The van der Waals surface area contributed by atoms with Gasteiger partial charge in [-0.05, 0) is 43.5 Å². The first-order valence-electron chi connectivity index (χ1n) is 8.35. The van der Waals surface area contributed by atoms with Crippen molar-refractivity contribution in [1.29, 1.82) is 0 Å². The molecule has 0 radical (unpaired) electrons. The number of hydrogen-bond acceptors (Lipinski definition) is 5. The Morgan fingerprint density at radius 2 is 2.08 bits per heavy atom. The number of aryl methyl sites for hydroxylation is 1. The van der Waals surface area contributed by atoms with E-state index < -0.39 is 0 Å². The molecule has 7 heteroatoms. The Morgan fingerprint density at radius 3 is 2.76 bits per heavy atom. The number of fused-ring (bicyclic) bond motifs is 1. The van der Waals surface area contributed by atoms with Gasteiger partial charge in [-0.1, -0.05) is 6.92 Å². The maximum atomic E-state index is 12.3. The summed E-state index contributed by atoms with van der Waals surface area (Å²) in [5.41, 5.74) is 1.34. The highest BCUT2D eigenvalue weighted by Crippen LogP contribution is 2.38. The van der Waals surface area contributed by atoms with Crippen LogP contribution in [0.3, 0.4) is 0 Å². The Kier molecular flexibility index (Phi) is 5.33. The molecule has 0 fully saturated rings. The number of thiazole rings is 1. The molecule has 132 valence electrons. The third-order valence-electron chi connectivity index (χ3n) is 4.16. The summed E-state index contributed by atoms with van der Waals surface area (Å²) in [7, 11) is 1.58. The van der Waals surface area contributed by atoms with Crippen LogP contribution in [0.1, 0.15) is 46.6 Å². The Morgan fingerprint density at radius 1 is 1.32 bits per heavy atom. The molecule has 1 aromatic carbocycles. The van der Waals surface area contributed by atoms with Crippen molar-refractivity contribution in [2.24, 2.45) is 0 Å². The molecule has 3 rings (SSSR count). The minimum absolute atomic E-state index is 0.0268. The predicted molar refractivity (Wildman–Crippen MR) is 97.4 cm³/mol. The summed E-state index contributed by atoms with van der Waals surface area (Å²) in [5.74, 6) is 0.302. The highest BCUT2D eigenvalue weighted by molar-refractivity contribution is 7.16. The van der Waals surface area contributed by atoms with E-state index in [1.807, 2.05) is 6.92 Å². The number of benzene rings is 1. The van der Waals surface area contributed by atoms with Crippen LogP contribution in [0.2, 0.25) is 0 Å². The number of nitrogens with zero attached hydrogens (tertiary/aromatic N) is 1. The molecule has 2 N–H and O–H groups in total. The SMILES string of the molecule is CCCNC(=O)C1CCc2sc(NC(=O)c3ccc(OC)cc3)nc21. The molecule has 25 heavy (non-hydrogen) atoms. The van der Waals surface area contributed by atoms with Crippen molar-refractivity contribution in [2.45, 2.75) is 32.1 Å². The lowest BCUT2D eigenvalue weighted by Crippen LogP contribution is -2.29. The third-order valence-corrected chi connectivity index (χ3v) is 5.20. The van der Waals surface area contributed by atoms with Gasteiger partial charge in [0.15, 0.2) is 5.13 Å². The van der Waals surface area contributed by atoms with E-state index >= 15 is 0 Å². The average Bonchev–Trinajstić information content (AvgIpc) is 3.19. The van der Waals surface area contributed by atoms with Crippen molar-refractivity contribution in [3.63, 3.8) is 0 Å². The van der Waals surface area contributed by atoms with Gasteiger partial charge in [-0.15, -0.1) is 11.3 Å². The molecule has 2 aromatic rings. The molecule has 0 aliphatic heterocycles. The first-order valence-corrected chi connectivity index (χ1v) is 9.16. The normalized spacial score (nSPS) is 15.5. The molecule has 0 bridgehead atoms. The van der Waals surface area contributed by atoms with Crippen LogP contribution in [0.4, 0.5) is 5.13 Å². The highest BCUT2D eigenvalue weighted by atomic mass is 32.1. The molecular formula is C18H21N3O3S. The molecule has 1 unspecified atom stereocenters. The third kappa shape index (κ3) is 3.82. The zero-order valence-electron chi connectivity index (χ0n) is 14.3. The lowest BCUT2D eigenvalue weighted by Gasteiger charge is -2.09. The van der Waals surface area contributed by atoms with Gasteiger partial charge in [0.1, 0.15) is 5.75 Å². The summed E-state index contributed by atoms with van der Waals surface area (Å²) >= 11 is 1.45. The molecule has 1 aromatic heterocycles. The summed E-state index contributed by atoms with van der Waals surface area (Å²) in [6.07, 6.45) is 2.53. The monoisotopic (exact) mass is 359 g/mol. The number of methoxy groups -OCH3 is 1. The molecule has 0 saturated carbocycles. The Balaban J connectivity index is 1.68. The summed E-state index contributed by atoms with van der Waals surface area (Å²) in [4.78, 5) is 30.2. The fourth-order valence-corrected chi connectivity index (χ4v) is 3.85. The Bertz CT molecular complexity index is 770. The summed E-state index contributed by atoms with van der Waals surface area (Å²) in [6, 6.07) is 6.89. The van der Waals surface area contributed by atoms with Crippen molar-refractivity contribution >= 4 is 28.3 Å². The number of ether oxygens (including phenoxy) is 1. The lowest BCUT2D eigenvalue weighted by atomic mass is 10.1. The molecule has 0 spiro atoms. The van der Waals surface area contributed by atoms with Crippen LogP contribution in [0, 0.1) is 0 Å². The van der Waals surface area contributed by atoms with Crippen molar-refractivity contribution in [3.05, 3.63) is 40.4 Å². The van der Waals surface area contributed by atoms with E-state index in [-0.39, 0.29) is 17.7 Å². The smallest absolute Gasteiger partial charge is 0.257 e. The number of anilines is 1. The van der Waals surface area contributed by atoms with E-state index in [1.165, 1.54) is 11.3 Å². The number of hydrogen-bond donors (Lipinski definition) is 2. The number of nitrogens with one attached hydrogen (secondary N) is 2. The molecule has 1 aliphatic carbocycles. The molecular weight excluding hydrogens is 338 g/mol. The van der Waals surface area contributed by atoms with E-state index in [4.69, 9.17) is 4.74 Å². The second-order valence-corrected chi connectivity index (χ2v) is 6.98. The number of carbonyl (C=O) groups excluding carboxylic acids is 2. The van der Waals surface area contributed by atoms with Gasteiger partial charge in [0.2, 0.25) is 5.91 Å². The Hall–Kier alpha value is -2.41. The number of amides is 2. The average molecular weight is 359 g/mol. The van der Waals surface area contributed by atoms with Crippen LogP contribution in [-0.2, 0) is 11.2 Å². The van der Waals surface area contributed by atoms with E-state index in [0.717, 1.165) is 29.8 Å². The van der Waals surface area contributed by atoms with Gasteiger partial charge in [-0.25, -0.2) is 4.98 Å². The van der Waals surface area contributed by atoms with Crippen molar-refractivity contribution in [3.8, 4) is 5.75 Å². The second-order valence-electron chi connectivity index (χ2n) is 5.89. The molecule has 0 saturated heterocycles. The van der Waals surface area contributed by atoms with Gasteiger partial charge >= 0.3 is 0 Å². The van der Waals surface area contributed by atoms with Gasteiger partial charge in [-0.3, -0.25) is 14.9 Å². The molecule has 1 aliphatic rings. The topological polar surface area (TPSA) is 80.3 Å². The van der Waals surface area contributed by atoms with Crippen molar-refractivity contribution in [2.75, 3.05) is 19.0 Å². The minimum atomic E-state index is -0.220. The van der Waals surface area contributed by atoms with Gasteiger partial charge in [-0.2, -0.15) is 0 Å². The summed E-state index contributed by atoms with van der Waals surface area (Å²) in [6.45, 7) is 2.70. The lowest BCUT2D eigenvalue weighted by molar-refractivity contribution is -0.122. The quantitative estimate of drug-likeness (QED) is 0.831. The second kappa shape index (κ2) is 7.65. The first kappa shape index (κ1) is 17.4. The van der Waals surface area contributed by atoms with E-state index in [0.29, 0.717) is 23.0 Å². The summed E-state index contributed by atoms with van der Waals surface area (Å²) in [5, 5.41) is 6.29. The van der Waals surface area contributed by atoms with Gasteiger partial charge < -0.3 is 10.1 Å². The van der Waals surface area contributed by atoms with E-state index in [1.54, 1.807) is 31.4 Å². The maximum absolute atomic E-state index is 12.3. The maximum Gasteiger partial charge on any atom is 0.257 e. The minimum Gasteiger partial charge on any atom is -0.497 e. The van der Waals surface area contributed by atoms with Crippen LogP contribution in [0.25, 0.3) is 0 Å². The largest absolute Gasteiger partial charge is 0.497 e. The first-order chi connectivity index (χ1) is 12.1. The van der Waals surface area contributed by atoms with E-state index in [9.17, 15) is 9.59 Å². The molecule has 1 atom stereocenters. The fraction of sp³-hybridized carbons (Fsp3) is 0.389. The number of carbonyl (C=O) groups is 2. The van der Waals surface area contributed by atoms with Crippen LogP contribution in [0.5, 0.6) is 5.75 Å². The van der Waals surface area contributed by atoms with Crippen LogP contribution in [-0.4, -0.2) is 30.5 Å². The van der Waals surface area contributed by atoms with Crippen LogP contribution < -0.4 is 15.4 Å². The zero-order valence-corrected chi connectivity index (χ0v) is 15.1. The zero-order chi connectivity index (χ0) is 17.8. The number of rotatable bonds is 6.